The van der Waals surface area contributed by atoms with Crippen LogP contribution in [0.3, 0.4) is 0 Å². The second-order valence-corrected chi connectivity index (χ2v) is 18.3. The van der Waals surface area contributed by atoms with Crippen molar-refractivity contribution in [2.75, 3.05) is 109 Å². The third-order valence-corrected chi connectivity index (χ3v) is 12.8. The molecule has 20 nitrogen and oxygen atoms in total. The summed E-state index contributed by atoms with van der Waals surface area (Å²) < 4.78 is 11.2. The van der Waals surface area contributed by atoms with Gasteiger partial charge in [0.15, 0.2) is 11.6 Å². The Morgan fingerprint density at radius 1 is 0.556 bits per heavy atom. The lowest BCUT2D eigenvalue weighted by Gasteiger charge is -2.34. The largest absolute Gasteiger partial charge is 0.378 e. The van der Waals surface area contributed by atoms with Crippen molar-refractivity contribution >= 4 is 70.0 Å². The molecular formula is C50H58Cl2N16O4. The van der Waals surface area contributed by atoms with Crippen LogP contribution in [-0.4, -0.2) is 131 Å². The summed E-state index contributed by atoms with van der Waals surface area (Å²) in [6, 6.07) is 18.4. The number of nitrogens with zero attached hydrogens (tertiary/aromatic N) is 12. The first-order valence-electron chi connectivity index (χ1n) is 24.3. The molecule has 22 heteroatoms. The molecular weight excluding hydrogens is 960 g/mol. The van der Waals surface area contributed by atoms with Crippen molar-refractivity contribution in [3.63, 3.8) is 0 Å². The second-order valence-electron chi connectivity index (χ2n) is 17.5. The van der Waals surface area contributed by atoms with E-state index in [4.69, 9.17) is 52.6 Å². The van der Waals surface area contributed by atoms with Crippen molar-refractivity contribution in [3.8, 4) is 22.8 Å². The number of hydrogen-bond donors (Lipinski definition) is 4. The molecule has 4 aliphatic heterocycles. The van der Waals surface area contributed by atoms with Crippen molar-refractivity contribution in [2.45, 2.75) is 53.6 Å². The van der Waals surface area contributed by atoms with Gasteiger partial charge in [0.1, 0.15) is 22.6 Å². The molecule has 4 aliphatic rings. The molecule has 0 saturated carbocycles. The molecule has 0 unspecified atom stereocenters. The Morgan fingerprint density at radius 3 is 1.50 bits per heavy atom. The normalized spacial score (nSPS) is 15.4. The molecule has 4 amide bonds. The number of ether oxygens (including phenoxy) is 2. The molecule has 376 valence electrons. The van der Waals surface area contributed by atoms with Gasteiger partial charge < -0.3 is 50.3 Å². The van der Waals surface area contributed by atoms with E-state index in [1.807, 2.05) is 82.3 Å². The number of morpholine rings is 2. The van der Waals surface area contributed by atoms with E-state index in [2.05, 4.69) is 60.8 Å². The number of nitrogens with one attached hydrogen (secondary N) is 4. The number of aromatic nitrogens is 8. The SMILES string of the molecule is CCNC(=O)Nc1ccc(-c2nc3c(c(N4CCOCC4)n2)CCN(c2cc(C)nc(Cl)n2)C3)cc1.CCNC(=O)Nc1ccc(-c2nc3c(c(N4CCOCC4)n2)CCN(c2nc(C)cc(Cl)n2)C3)cc1. The van der Waals surface area contributed by atoms with Gasteiger partial charge >= 0.3 is 12.1 Å². The number of anilines is 6. The predicted octanol–water partition coefficient (Wildman–Crippen LogP) is 6.87. The summed E-state index contributed by atoms with van der Waals surface area (Å²) in [4.78, 5) is 70.2. The Kier molecular flexibility index (Phi) is 16.0. The number of fused-ring (bicyclic) bond motifs is 2. The smallest absolute Gasteiger partial charge is 0.319 e. The number of halogens is 2. The van der Waals surface area contributed by atoms with Gasteiger partial charge in [0.25, 0.3) is 0 Å². The zero-order chi connectivity index (χ0) is 50.1. The molecule has 0 spiro atoms. The molecule has 6 aromatic rings. The number of rotatable bonds is 10. The van der Waals surface area contributed by atoms with Gasteiger partial charge in [-0.05, 0) is 107 Å². The molecule has 4 N–H and O–H groups in total. The highest BCUT2D eigenvalue weighted by Crippen LogP contribution is 2.34. The zero-order valence-corrected chi connectivity index (χ0v) is 42.4. The summed E-state index contributed by atoms with van der Waals surface area (Å²) in [6.07, 6.45) is 1.59. The van der Waals surface area contributed by atoms with E-state index in [0.717, 1.165) is 109 Å². The van der Waals surface area contributed by atoms with E-state index in [1.54, 1.807) is 6.07 Å². The van der Waals surface area contributed by atoms with Crippen molar-refractivity contribution in [1.82, 2.24) is 50.5 Å². The van der Waals surface area contributed by atoms with E-state index in [0.29, 0.717) is 86.7 Å². The van der Waals surface area contributed by atoms with Crippen LogP contribution >= 0.6 is 23.2 Å². The maximum absolute atomic E-state index is 11.9. The van der Waals surface area contributed by atoms with Gasteiger partial charge in [0, 0.05) is 103 Å². The van der Waals surface area contributed by atoms with Crippen LogP contribution < -0.4 is 40.9 Å². The summed E-state index contributed by atoms with van der Waals surface area (Å²) in [5.74, 6) is 4.64. The van der Waals surface area contributed by atoms with Crippen molar-refractivity contribution in [2.24, 2.45) is 0 Å². The number of aryl methyl sites for hydroxylation is 2. The first kappa shape index (κ1) is 50.0. The highest BCUT2D eigenvalue weighted by molar-refractivity contribution is 6.29. The number of hydrogen-bond acceptors (Lipinski definition) is 16. The van der Waals surface area contributed by atoms with Gasteiger partial charge in [0.05, 0.1) is 50.9 Å². The van der Waals surface area contributed by atoms with Crippen molar-refractivity contribution < 1.29 is 19.1 Å². The molecule has 0 radical (unpaired) electrons. The average Bonchev–Trinajstić information content (AvgIpc) is 3.38. The minimum absolute atomic E-state index is 0.231. The lowest BCUT2D eigenvalue weighted by Crippen LogP contribution is -2.40. The summed E-state index contributed by atoms with van der Waals surface area (Å²) in [6.45, 7) is 17.3. The van der Waals surface area contributed by atoms with Crippen LogP contribution in [0.25, 0.3) is 22.8 Å². The van der Waals surface area contributed by atoms with E-state index in [9.17, 15) is 9.59 Å². The molecule has 0 bridgehead atoms. The van der Waals surface area contributed by atoms with Crippen LogP contribution in [0.15, 0.2) is 60.7 Å². The first-order chi connectivity index (χ1) is 35.0. The molecule has 10 rings (SSSR count). The Balaban J connectivity index is 0.000000178. The number of urea groups is 2. The summed E-state index contributed by atoms with van der Waals surface area (Å²) in [5.41, 5.74) is 9.09. The van der Waals surface area contributed by atoms with E-state index < -0.39 is 0 Å². The fourth-order valence-corrected chi connectivity index (χ4v) is 9.38. The molecule has 0 atom stereocenters. The fourth-order valence-electron chi connectivity index (χ4n) is 8.93. The molecule has 2 aromatic carbocycles. The maximum Gasteiger partial charge on any atom is 0.319 e. The predicted molar refractivity (Wildman–Crippen MR) is 279 cm³/mol. The van der Waals surface area contributed by atoms with E-state index in [1.165, 1.54) is 5.56 Å². The van der Waals surface area contributed by atoms with Gasteiger partial charge in [-0.25, -0.2) is 49.5 Å². The number of carbonyl (C=O) groups excluding carboxylic acids is 2. The zero-order valence-electron chi connectivity index (χ0n) is 40.8. The van der Waals surface area contributed by atoms with Crippen LogP contribution in [0, 0.1) is 13.8 Å². The highest BCUT2D eigenvalue weighted by atomic mass is 35.5. The Bertz CT molecular complexity index is 2650. The van der Waals surface area contributed by atoms with Crippen LogP contribution in [0.2, 0.25) is 10.4 Å². The third-order valence-electron chi connectivity index (χ3n) is 12.4. The number of amides is 4. The Hall–Kier alpha value is -7.00. The number of benzene rings is 2. The molecule has 2 fully saturated rings. The monoisotopic (exact) mass is 1020 g/mol. The van der Waals surface area contributed by atoms with Gasteiger partial charge in [0.2, 0.25) is 11.2 Å². The summed E-state index contributed by atoms with van der Waals surface area (Å²) in [7, 11) is 0. The standard InChI is InChI=1S/2C25H29ClN8O2/c1-3-27-25(35)29-18-6-4-17(5-7-18)22-30-20-15-34(21-14-16(2)28-24(26)31-21)9-8-19(20)23(32-22)33-10-12-36-13-11-33;1-3-27-25(35)29-18-6-4-17(5-7-18)22-30-20-15-34(24-28-16(2)14-21(26)31-24)9-8-19(20)23(32-22)33-10-12-36-13-11-33/h2*4-7,14H,3,8-13,15H2,1-2H3,(H2,27,29,35). The van der Waals surface area contributed by atoms with Gasteiger partial charge in [-0.3, -0.25) is 0 Å². The van der Waals surface area contributed by atoms with Gasteiger partial charge in [-0.15, -0.1) is 0 Å². The quantitative estimate of drug-likeness (QED) is 0.0813. The highest BCUT2D eigenvalue weighted by Gasteiger charge is 2.30. The molecule has 8 heterocycles. The van der Waals surface area contributed by atoms with Gasteiger partial charge in [-0.1, -0.05) is 11.6 Å². The van der Waals surface area contributed by atoms with Crippen molar-refractivity contribution in [1.29, 1.82) is 0 Å². The topological polar surface area (TPSA) is 217 Å². The first-order valence-corrected chi connectivity index (χ1v) is 25.0. The third kappa shape index (κ3) is 12.2. The lowest BCUT2D eigenvalue weighted by molar-refractivity contribution is 0.122. The maximum atomic E-state index is 11.9. The van der Waals surface area contributed by atoms with Crippen molar-refractivity contribution in [3.05, 3.63) is 105 Å². The fraction of sp³-hybridized carbons (Fsp3) is 0.400. The second kappa shape index (κ2) is 23.0. The van der Waals surface area contributed by atoms with Gasteiger partial charge in [-0.2, -0.15) is 0 Å². The Labute approximate surface area is 428 Å². The minimum atomic E-state index is -0.233. The van der Waals surface area contributed by atoms with Crippen LogP contribution in [-0.2, 0) is 35.4 Å². The van der Waals surface area contributed by atoms with Crippen LogP contribution in [0.5, 0.6) is 0 Å². The summed E-state index contributed by atoms with van der Waals surface area (Å²) in [5, 5.41) is 11.8. The molecule has 2 saturated heterocycles. The average molecular weight is 1020 g/mol. The Morgan fingerprint density at radius 2 is 1.03 bits per heavy atom. The van der Waals surface area contributed by atoms with E-state index >= 15 is 0 Å². The molecule has 72 heavy (non-hydrogen) atoms. The minimum Gasteiger partial charge on any atom is -0.378 e. The molecule has 0 aliphatic carbocycles. The van der Waals surface area contributed by atoms with Crippen LogP contribution in [0.4, 0.5) is 44.4 Å². The number of carbonyl (C=O) groups is 2. The summed E-state index contributed by atoms with van der Waals surface area (Å²) >= 11 is 12.4. The lowest BCUT2D eigenvalue weighted by atomic mass is 10.0. The van der Waals surface area contributed by atoms with Crippen LogP contribution in [0.1, 0.15) is 47.8 Å². The van der Waals surface area contributed by atoms with E-state index in [-0.39, 0.29) is 17.3 Å². The molecule has 4 aromatic heterocycles.